The van der Waals surface area contributed by atoms with E-state index in [1.165, 1.54) is 4.90 Å². The van der Waals surface area contributed by atoms with Crippen LogP contribution < -0.4 is 9.64 Å². The first-order valence-electron chi connectivity index (χ1n) is 9.92. The van der Waals surface area contributed by atoms with Gasteiger partial charge in [0.1, 0.15) is 5.75 Å². The highest BCUT2D eigenvalue weighted by atomic mass is 35.5. The third-order valence-electron chi connectivity index (χ3n) is 6.54. The van der Waals surface area contributed by atoms with E-state index in [0.717, 1.165) is 19.3 Å². The zero-order valence-corrected chi connectivity index (χ0v) is 16.5. The summed E-state index contributed by atoms with van der Waals surface area (Å²) in [5.41, 5.74) is 1.03. The van der Waals surface area contributed by atoms with Crippen molar-refractivity contribution in [3.8, 4) is 5.75 Å². The number of fused-ring (bicyclic) bond motifs is 5. The molecule has 29 heavy (non-hydrogen) atoms. The lowest BCUT2D eigenvalue weighted by Crippen LogP contribution is -2.32. The van der Waals surface area contributed by atoms with Gasteiger partial charge in [-0.15, -0.1) is 0 Å². The predicted molar refractivity (Wildman–Crippen MR) is 108 cm³/mol. The van der Waals surface area contributed by atoms with E-state index in [9.17, 15) is 14.4 Å². The van der Waals surface area contributed by atoms with Crippen molar-refractivity contribution >= 4 is 34.9 Å². The molecule has 0 spiro atoms. The third-order valence-corrected chi connectivity index (χ3v) is 6.79. The standard InChI is InChI=1S/C23H20ClNO4/c24-16-8-6-13(7-9-16)19(26)12-29-18-3-1-2-17(11-18)25-22(27)20-14-4-5-15(10-14)21(20)23(25)28/h1-3,6-9,11,14-15,20-21H,4-5,10,12H2. The summed E-state index contributed by atoms with van der Waals surface area (Å²) in [5, 5.41) is 0.563. The largest absolute Gasteiger partial charge is 0.485 e. The van der Waals surface area contributed by atoms with Gasteiger partial charge >= 0.3 is 0 Å². The quantitative estimate of drug-likeness (QED) is 0.550. The Labute approximate surface area is 173 Å². The molecule has 4 unspecified atom stereocenters. The molecule has 3 fully saturated rings. The molecule has 2 saturated carbocycles. The van der Waals surface area contributed by atoms with Gasteiger partial charge in [0.15, 0.2) is 12.4 Å². The number of halogens is 1. The van der Waals surface area contributed by atoms with Gasteiger partial charge in [-0.1, -0.05) is 17.7 Å². The summed E-state index contributed by atoms with van der Waals surface area (Å²) in [6.45, 7) is -0.137. The van der Waals surface area contributed by atoms with Crippen LogP contribution in [0.15, 0.2) is 48.5 Å². The van der Waals surface area contributed by atoms with Gasteiger partial charge in [-0.2, -0.15) is 0 Å². The number of carbonyl (C=O) groups excluding carboxylic acids is 3. The Balaban J connectivity index is 1.31. The van der Waals surface area contributed by atoms with Gasteiger partial charge in [0.05, 0.1) is 17.5 Å². The Morgan fingerprint density at radius 1 is 1.00 bits per heavy atom. The van der Waals surface area contributed by atoms with Crippen LogP contribution in [0.2, 0.25) is 5.02 Å². The molecule has 5 rings (SSSR count). The second kappa shape index (κ2) is 6.99. The number of carbonyl (C=O) groups is 3. The molecule has 148 valence electrons. The van der Waals surface area contributed by atoms with Crippen LogP contribution >= 0.6 is 11.6 Å². The number of benzene rings is 2. The normalized spacial score (nSPS) is 27.4. The zero-order chi connectivity index (χ0) is 20.1. The van der Waals surface area contributed by atoms with E-state index in [1.807, 2.05) is 0 Å². The lowest BCUT2D eigenvalue weighted by molar-refractivity contribution is -0.123. The van der Waals surface area contributed by atoms with E-state index in [-0.39, 0.29) is 36.0 Å². The van der Waals surface area contributed by atoms with E-state index >= 15 is 0 Å². The summed E-state index contributed by atoms with van der Waals surface area (Å²) < 4.78 is 5.64. The lowest BCUT2D eigenvalue weighted by atomic mass is 9.81. The molecule has 0 N–H and O–H groups in total. The number of imide groups is 1. The second-order valence-corrected chi connectivity index (χ2v) is 8.55. The Bertz CT molecular complexity index is 974. The van der Waals surface area contributed by atoms with Crippen LogP contribution in [-0.2, 0) is 9.59 Å². The van der Waals surface area contributed by atoms with Gasteiger partial charge < -0.3 is 4.74 Å². The van der Waals surface area contributed by atoms with Gasteiger partial charge in [-0.25, -0.2) is 4.90 Å². The number of rotatable bonds is 5. The van der Waals surface area contributed by atoms with Crippen LogP contribution in [0.5, 0.6) is 5.75 Å². The third kappa shape index (κ3) is 3.04. The maximum Gasteiger partial charge on any atom is 0.237 e. The fourth-order valence-corrected chi connectivity index (χ4v) is 5.37. The first-order chi connectivity index (χ1) is 14.0. The number of anilines is 1. The number of Topliss-reactive ketones (excluding diaryl/α,β-unsaturated/α-hetero) is 1. The van der Waals surface area contributed by atoms with Crippen molar-refractivity contribution in [2.24, 2.45) is 23.7 Å². The Hall–Kier alpha value is -2.66. The molecule has 1 aliphatic heterocycles. The van der Waals surface area contributed by atoms with E-state index in [1.54, 1.807) is 48.5 Å². The first kappa shape index (κ1) is 18.4. The monoisotopic (exact) mass is 409 g/mol. The topological polar surface area (TPSA) is 63.7 Å². The summed E-state index contributed by atoms with van der Waals surface area (Å²) in [6, 6.07) is 13.5. The number of hydrogen-bond donors (Lipinski definition) is 0. The van der Waals surface area contributed by atoms with E-state index in [2.05, 4.69) is 0 Å². The highest BCUT2D eigenvalue weighted by Gasteiger charge is 2.61. The molecule has 5 nitrogen and oxygen atoms in total. The number of nitrogens with zero attached hydrogens (tertiary/aromatic N) is 1. The maximum absolute atomic E-state index is 13.0. The molecule has 2 aliphatic carbocycles. The number of ketones is 1. The molecular formula is C23H20ClNO4. The minimum absolute atomic E-state index is 0.0819. The van der Waals surface area contributed by atoms with Crippen LogP contribution in [0.3, 0.4) is 0 Å². The minimum atomic E-state index is -0.175. The SMILES string of the molecule is O=C(COc1cccc(N2C(=O)C3C4CCC(C4)C3C2=O)c1)c1ccc(Cl)cc1. The fraction of sp³-hybridized carbons (Fsp3) is 0.348. The van der Waals surface area contributed by atoms with Gasteiger partial charge in [-0.05, 0) is 67.5 Å². The number of ether oxygens (including phenoxy) is 1. The summed E-state index contributed by atoms with van der Waals surface area (Å²) in [5.74, 6) is 0.500. The van der Waals surface area contributed by atoms with Crippen LogP contribution in [0.4, 0.5) is 5.69 Å². The van der Waals surface area contributed by atoms with Crippen molar-refractivity contribution < 1.29 is 19.1 Å². The molecular weight excluding hydrogens is 390 g/mol. The van der Waals surface area contributed by atoms with Crippen molar-refractivity contribution in [1.82, 2.24) is 0 Å². The van der Waals surface area contributed by atoms with Crippen molar-refractivity contribution in [1.29, 1.82) is 0 Å². The molecule has 2 aromatic carbocycles. The van der Waals surface area contributed by atoms with Gasteiger partial charge in [-0.3, -0.25) is 14.4 Å². The molecule has 2 amide bonds. The molecule has 3 aliphatic rings. The summed E-state index contributed by atoms with van der Waals surface area (Å²) in [6.07, 6.45) is 3.11. The molecule has 4 atom stereocenters. The second-order valence-electron chi connectivity index (χ2n) is 8.11. The predicted octanol–water partition coefficient (Wildman–Crippen LogP) is 4.14. The Kier molecular flexibility index (Phi) is 4.43. The summed E-state index contributed by atoms with van der Waals surface area (Å²) in [4.78, 5) is 39.6. The van der Waals surface area contributed by atoms with Gasteiger partial charge in [0.2, 0.25) is 11.8 Å². The van der Waals surface area contributed by atoms with Crippen molar-refractivity contribution in [2.45, 2.75) is 19.3 Å². The van der Waals surface area contributed by atoms with E-state index < -0.39 is 0 Å². The molecule has 2 bridgehead atoms. The first-order valence-corrected chi connectivity index (χ1v) is 10.3. The van der Waals surface area contributed by atoms with Crippen molar-refractivity contribution in [2.75, 3.05) is 11.5 Å². The highest BCUT2D eigenvalue weighted by molar-refractivity contribution is 6.30. The van der Waals surface area contributed by atoms with E-state index in [0.29, 0.717) is 33.9 Å². The lowest BCUT2D eigenvalue weighted by Gasteiger charge is -2.19. The van der Waals surface area contributed by atoms with E-state index in [4.69, 9.17) is 16.3 Å². The average Bonchev–Trinajstić information content (AvgIpc) is 3.41. The average molecular weight is 410 g/mol. The number of hydrogen-bond acceptors (Lipinski definition) is 4. The van der Waals surface area contributed by atoms with Crippen LogP contribution in [0.1, 0.15) is 29.6 Å². The van der Waals surface area contributed by atoms with Crippen LogP contribution in [0, 0.1) is 23.7 Å². The number of amides is 2. The molecule has 0 radical (unpaired) electrons. The van der Waals surface area contributed by atoms with Crippen molar-refractivity contribution in [3.63, 3.8) is 0 Å². The highest BCUT2D eigenvalue weighted by Crippen LogP contribution is 2.56. The molecule has 2 aromatic rings. The fourth-order valence-electron chi connectivity index (χ4n) is 5.24. The maximum atomic E-state index is 13.0. The molecule has 0 aromatic heterocycles. The van der Waals surface area contributed by atoms with Gasteiger partial charge in [0.25, 0.3) is 0 Å². The zero-order valence-electron chi connectivity index (χ0n) is 15.7. The molecule has 1 heterocycles. The van der Waals surface area contributed by atoms with Crippen LogP contribution in [-0.4, -0.2) is 24.2 Å². The Morgan fingerprint density at radius 2 is 1.66 bits per heavy atom. The van der Waals surface area contributed by atoms with Crippen molar-refractivity contribution in [3.05, 3.63) is 59.1 Å². The smallest absolute Gasteiger partial charge is 0.237 e. The molecule has 1 saturated heterocycles. The molecule has 6 heteroatoms. The van der Waals surface area contributed by atoms with Crippen LogP contribution in [0.25, 0.3) is 0 Å². The minimum Gasteiger partial charge on any atom is -0.485 e. The summed E-state index contributed by atoms with van der Waals surface area (Å²) in [7, 11) is 0. The van der Waals surface area contributed by atoms with Gasteiger partial charge in [0, 0.05) is 16.7 Å². The summed E-state index contributed by atoms with van der Waals surface area (Å²) >= 11 is 5.85. The Morgan fingerprint density at radius 3 is 2.31 bits per heavy atom.